The zero-order chi connectivity index (χ0) is 23.4. The summed E-state index contributed by atoms with van der Waals surface area (Å²) in [5.41, 5.74) is 5.93. The van der Waals surface area contributed by atoms with E-state index in [1.54, 1.807) is 13.3 Å². The molecule has 34 heavy (non-hydrogen) atoms. The van der Waals surface area contributed by atoms with Crippen LogP contribution in [-0.2, 0) is 13.5 Å². The molecule has 172 valence electrons. The Bertz CT molecular complexity index is 1430. The van der Waals surface area contributed by atoms with Gasteiger partial charge in [-0.1, -0.05) is 17.7 Å². The Morgan fingerprint density at radius 3 is 2.85 bits per heavy atom. The summed E-state index contributed by atoms with van der Waals surface area (Å²) in [6, 6.07) is 15.7. The molecular weight excluding hydrogens is 448 g/mol. The van der Waals surface area contributed by atoms with Gasteiger partial charge in [-0.3, -0.25) is 14.5 Å². The molecule has 1 saturated heterocycles. The van der Waals surface area contributed by atoms with E-state index in [0.717, 1.165) is 53.5 Å². The third-order valence-electron chi connectivity index (χ3n) is 7.19. The Balaban J connectivity index is 1.40. The molecule has 2 aromatic carbocycles. The Hall–Kier alpha value is -3.38. The van der Waals surface area contributed by atoms with Crippen molar-refractivity contribution in [3.63, 3.8) is 0 Å². The van der Waals surface area contributed by atoms with E-state index < -0.39 is 0 Å². The van der Waals surface area contributed by atoms with Gasteiger partial charge in [0.2, 0.25) is 0 Å². The van der Waals surface area contributed by atoms with Crippen molar-refractivity contribution in [1.29, 1.82) is 0 Å². The predicted octanol–water partition coefficient (Wildman–Crippen LogP) is 5.59. The third kappa shape index (κ3) is 3.28. The summed E-state index contributed by atoms with van der Waals surface area (Å²) in [5, 5.41) is 6.49. The van der Waals surface area contributed by atoms with Gasteiger partial charge < -0.3 is 9.64 Å². The molecule has 2 aromatic heterocycles. The SMILES string of the molecule is COc1ccc(-c2c3c(nn2C)C2CCCC(C3)N2C(=O)c2ccc3ncccc3c2)cc1Cl. The number of ether oxygens (including phenoxy) is 1. The number of halogens is 1. The second-order valence-electron chi connectivity index (χ2n) is 9.11. The topological polar surface area (TPSA) is 60.2 Å². The molecule has 2 atom stereocenters. The van der Waals surface area contributed by atoms with Gasteiger partial charge in [0.1, 0.15) is 5.75 Å². The fourth-order valence-electron chi connectivity index (χ4n) is 5.68. The average molecular weight is 473 g/mol. The van der Waals surface area contributed by atoms with Gasteiger partial charge in [0.25, 0.3) is 5.91 Å². The van der Waals surface area contributed by atoms with Crippen LogP contribution in [0.1, 0.15) is 46.9 Å². The van der Waals surface area contributed by atoms with Crippen molar-refractivity contribution in [2.75, 3.05) is 7.11 Å². The molecule has 0 saturated carbocycles. The van der Waals surface area contributed by atoms with E-state index in [1.807, 2.05) is 60.3 Å². The van der Waals surface area contributed by atoms with Gasteiger partial charge in [-0.15, -0.1) is 0 Å². The second-order valence-corrected chi connectivity index (χ2v) is 9.52. The van der Waals surface area contributed by atoms with E-state index in [0.29, 0.717) is 16.3 Å². The summed E-state index contributed by atoms with van der Waals surface area (Å²) < 4.78 is 7.27. The van der Waals surface area contributed by atoms with Crippen molar-refractivity contribution in [2.24, 2.45) is 7.05 Å². The van der Waals surface area contributed by atoms with Crippen LogP contribution < -0.4 is 4.74 Å². The standard InChI is InChI=1S/C27H25ClN4O2/c1-31-26(17-9-11-24(34-2)21(28)14-17)20-15-19-6-3-7-23(25(20)30-31)32(19)27(33)18-8-10-22-16(13-18)5-4-12-29-22/h4-5,8-14,19,23H,3,6-7,15H2,1-2H3. The molecule has 0 N–H and O–H groups in total. The number of nitrogens with zero attached hydrogens (tertiary/aromatic N) is 4. The Labute approximate surface area is 203 Å². The molecule has 0 radical (unpaired) electrons. The first-order chi connectivity index (χ1) is 16.5. The van der Waals surface area contributed by atoms with E-state index in [4.69, 9.17) is 21.4 Å². The minimum atomic E-state index is -0.0201. The number of aryl methyl sites for hydroxylation is 1. The van der Waals surface area contributed by atoms with Crippen LogP contribution in [0.5, 0.6) is 5.75 Å². The van der Waals surface area contributed by atoms with Crippen LogP contribution in [0.2, 0.25) is 5.02 Å². The number of aromatic nitrogens is 3. The number of amides is 1. The quantitative estimate of drug-likeness (QED) is 0.390. The summed E-state index contributed by atoms with van der Waals surface area (Å²) in [4.78, 5) is 20.3. The normalized spacial score (nSPS) is 19.2. The predicted molar refractivity (Wildman–Crippen MR) is 132 cm³/mol. The van der Waals surface area contributed by atoms with Crippen LogP contribution in [0, 0.1) is 0 Å². The number of fused-ring (bicyclic) bond motifs is 5. The molecule has 0 spiro atoms. The molecule has 6 nitrogen and oxygen atoms in total. The third-order valence-corrected chi connectivity index (χ3v) is 7.48. The smallest absolute Gasteiger partial charge is 0.254 e. The Kier molecular flexibility index (Phi) is 5.06. The van der Waals surface area contributed by atoms with Gasteiger partial charge in [0, 0.05) is 41.4 Å². The highest BCUT2D eigenvalue weighted by atomic mass is 35.5. The van der Waals surface area contributed by atoms with Crippen molar-refractivity contribution in [1.82, 2.24) is 19.7 Å². The van der Waals surface area contributed by atoms with E-state index in [2.05, 4.69) is 9.88 Å². The number of hydrogen-bond donors (Lipinski definition) is 0. The molecule has 2 aliphatic rings. The lowest BCUT2D eigenvalue weighted by Gasteiger charge is -2.45. The first-order valence-electron chi connectivity index (χ1n) is 11.6. The zero-order valence-electron chi connectivity index (χ0n) is 19.2. The summed E-state index contributed by atoms with van der Waals surface area (Å²) in [6.45, 7) is 0. The van der Waals surface area contributed by atoms with E-state index in [1.165, 1.54) is 5.56 Å². The summed E-state index contributed by atoms with van der Waals surface area (Å²) >= 11 is 6.44. The van der Waals surface area contributed by atoms with Gasteiger partial charge in [0.05, 0.1) is 35.1 Å². The summed E-state index contributed by atoms with van der Waals surface area (Å²) in [6.07, 6.45) is 5.58. The second kappa shape index (κ2) is 8.13. The van der Waals surface area contributed by atoms with Gasteiger partial charge in [-0.05, 0) is 68.1 Å². The first-order valence-corrected chi connectivity index (χ1v) is 12.0. The number of piperidine rings is 1. The highest BCUT2D eigenvalue weighted by molar-refractivity contribution is 6.32. The fourth-order valence-corrected chi connectivity index (χ4v) is 5.94. The summed E-state index contributed by atoms with van der Waals surface area (Å²) in [7, 11) is 3.59. The molecule has 6 rings (SSSR count). The minimum absolute atomic E-state index is 0.0201. The van der Waals surface area contributed by atoms with Crippen LogP contribution in [-0.4, -0.2) is 38.7 Å². The molecule has 2 bridgehead atoms. The van der Waals surface area contributed by atoms with Crippen LogP contribution in [0.4, 0.5) is 0 Å². The number of rotatable bonds is 3. The number of carbonyl (C=O) groups excluding carboxylic acids is 1. The molecule has 4 aromatic rings. The molecule has 4 heterocycles. The van der Waals surface area contributed by atoms with Crippen LogP contribution in [0.25, 0.3) is 22.2 Å². The highest BCUT2D eigenvalue weighted by Crippen LogP contribution is 2.45. The summed E-state index contributed by atoms with van der Waals surface area (Å²) in [5.74, 6) is 0.728. The first kappa shape index (κ1) is 21.2. The van der Waals surface area contributed by atoms with Crippen molar-refractivity contribution in [2.45, 2.75) is 37.8 Å². The van der Waals surface area contributed by atoms with E-state index in [9.17, 15) is 4.79 Å². The maximum Gasteiger partial charge on any atom is 0.254 e. The van der Waals surface area contributed by atoms with Gasteiger partial charge >= 0.3 is 0 Å². The van der Waals surface area contributed by atoms with Crippen molar-refractivity contribution >= 4 is 28.4 Å². The van der Waals surface area contributed by atoms with E-state index in [-0.39, 0.29) is 18.0 Å². The Morgan fingerprint density at radius 1 is 1.15 bits per heavy atom. The maximum atomic E-state index is 13.8. The molecule has 2 unspecified atom stereocenters. The number of methoxy groups -OCH3 is 1. The van der Waals surface area contributed by atoms with E-state index >= 15 is 0 Å². The molecule has 0 aliphatic carbocycles. The van der Waals surface area contributed by atoms with Crippen molar-refractivity contribution in [3.8, 4) is 17.0 Å². The Morgan fingerprint density at radius 2 is 2.03 bits per heavy atom. The monoisotopic (exact) mass is 472 g/mol. The highest BCUT2D eigenvalue weighted by Gasteiger charge is 2.43. The van der Waals surface area contributed by atoms with Gasteiger partial charge in [-0.2, -0.15) is 5.10 Å². The van der Waals surface area contributed by atoms with Gasteiger partial charge in [0.15, 0.2) is 0 Å². The fraction of sp³-hybridized carbons (Fsp3) is 0.296. The lowest BCUT2D eigenvalue weighted by atomic mass is 9.81. The van der Waals surface area contributed by atoms with Crippen molar-refractivity contribution in [3.05, 3.63) is 76.6 Å². The van der Waals surface area contributed by atoms with Crippen LogP contribution >= 0.6 is 11.6 Å². The van der Waals surface area contributed by atoms with Crippen LogP contribution in [0.15, 0.2) is 54.7 Å². The number of hydrogen-bond acceptors (Lipinski definition) is 4. The largest absolute Gasteiger partial charge is 0.495 e. The molecule has 1 amide bonds. The molecule has 1 fully saturated rings. The molecule has 2 aliphatic heterocycles. The molecule has 7 heteroatoms. The average Bonchev–Trinajstić information content (AvgIpc) is 3.18. The van der Waals surface area contributed by atoms with Crippen molar-refractivity contribution < 1.29 is 9.53 Å². The number of carbonyl (C=O) groups is 1. The van der Waals surface area contributed by atoms with Gasteiger partial charge in [-0.25, -0.2) is 0 Å². The lowest BCUT2D eigenvalue weighted by molar-refractivity contribution is 0.0392. The molecular formula is C27H25ClN4O2. The maximum absolute atomic E-state index is 13.8. The minimum Gasteiger partial charge on any atom is -0.495 e. The van der Waals surface area contributed by atoms with Crippen LogP contribution in [0.3, 0.4) is 0 Å². The number of benzene rings is 2. The number of pyridine rings is 1. The zero-order valence-corrected chi connectivity index (χ0v) is 19.9. The lowest BCUT2D eigenvalue weighted by Crippen LogP contribution is -2.49.